The van der Waals surface area contributed by atoms with Crippen molar-refractivity contribution < 1.29 is 0 Å². The second kappa shape index (κ2) is 4.26. The molecule has 0 heterocycles. The van der Waals surface area contributed by atoms with Crippen LogP contribution in [-0.2, 0) is 0 Å². The van der Waals surface area contributed by atoms with Gasteiger partial charge in [0, 0.05) is 0 Å². The molecule has 126 valence electrons. The first-order valence-corrected chi connectivity index (χ1v) is 9.87. The van der Waals surface area contributed by atoms with E-state index in [1.165, 1.54) is 75.8 Å². The SMILES string of the molecule is C1=Cc2ccc3c4cc5c(cc4c4ccc1c2c43)c1cccc2cccc5c21. The minimum absolute atomic E-state index is 1.33. The first-order chi connectivity index (χ1) is 13.9. The van der Waals surface area contributed by atoms with Crippen LogP contribution >= 0.6 is 0 Å². The van der Waals surface area contributed by atoms with Gasteiger partial charge in [-0.25, -0.2) is 0 Å². The molecule has 7 aromatic carbocycles. The summed E-state index contributed by atoms with van der Waals surface area (Å²) in [5.41, 5.74) is 2.71. The Balaban J connectivity index is 1.71. The average Bonchev–Trinajstić information content (AvgIpc) is 3.39. The predicted molar refractivity (Wildman–Crippen MR) is 123 cm³/mol. The average molecular weight is 350 g/mol. The van der Waals surface area contributed by atoms with Crippen molar-refractivity contribution in [2.75, 3.05) is 0 Å². The Morgan fingerprint density at radius 1 is 0.357 bits per heavy atom. The van der Waals surface area contributed by atoms with Crippen LogP contribution in [0, 0.1) is 0 Å². The zero-order chi connectivity index (χ0) is 18.0. The summed E-state index contributed by atoms with van der Waals surface area (Å²) in [5, 5.41) is 16.7. The van der Waals surface area contributed by atoms with Crippen molar-refractivity contribution in [1.82, 2.24) is 0 Å². The van der Waals surface area contributed by atoms with E-state index in [2.05, 4.69) is 84.9 Å². The summed E-state index contributed by atoms with van der Waals surface area (Å²) >= 11 is 0. The fraction of sp³-hybridized carbons (Fsp3) is 0. The van der Waals surface area contributed by atoms with Crippen LogP contribution < -0.4 is 0 Å². The molecule has 0 atom stereocenters. The molecule has 0 fully saturated rings. The van der Waals surface area contributed by atoms with Crippen molar-refractivity contribution in [3.8, 4) is 0 Å². The summed E-state index contributed by atoms with van der Waals surface area (Å²) in [4.78, 5) is 0. The minimum atomic E-state index is 1.33. The largest absolute Gasteiger partial charge is 0.0610 e. The summed E-state index contributed by atoms with van der Waals surface area (Å²) in [5.74, 6) is 0. The molecule has 0 aromatic heterocycles. The highest BCUT2D eigenvalue weighted by molar-refractivity contribution is 6.38. The maximum Gasteiger partial charge on any atom is -0.00143 e. The smallest absolute Gasteiger partial charge is 0.00143 e. The van der Waals surface area contributed by atoms with E-state index in [0.717, 1.165) is 0 Å². The Labute approximate surface area is 161 Å². The molecule has 1 aliphatic rings. The third-order valence-electron chi connectivity index (χ3n) is 6.89. The lowest BCUT2D eigenvalue weighted by atomic mass is 10.0. The van der Waals surface area contributed by atoms with Crippen molar-refractivity contribution >= 4 is 76.8 Å². The standard InChI is InChI=1S/C28H14/c1-3-15-4-2-6-19-23-14-25-21-12-10-17-8-7-16-9-11-20(28(21)26(16)17)24(25)13-22(23)18(5-1)27(15)19/h1-14H. The van der Waals surface area contributed by atoms with Crippen molar-refractivity contribution in [1.29, 1.82) is 0 Å². The number of benzene rings is 5. The van der Waals surface area contributed by atoms with Gasteiger partial charge in [-0.1, -0.05) is 72.8 Å². The number of fused-ring (bicyclic) bond motifs is 6. The molecule has 0 bridgehead atoms. The molecule has 0 saturated carbocycles. The number of hydrogen-bond acceptors (Lipinski definition) is 0. The lowest BCUT2D eigenvalue weighted by Crippen LogP contribution is -1.78. The molecule has 0 unspecified atom stereocenters. The molecule has 0 heteroatoms. The van der Waals surface area contributed by atoms with E-state index < -0.39 is 0 Å². The molecule has 0 nitrogen and oxygen atoms in total. The second-order valence-electron chi connectivity index (χ2n) is 8.14. The van der Waals surface area contributed by atoms with Gasteiger partial charge in [-0.15, -0.1) is 0 Å². The van der Waals surface area contributed by atoms with E-state index in [4.69, 9.17) is 0 Å². The molecular weight excluding hydrogens is 336 g/mol. The van der Waals surface area contributed by atoms with Crippen molar-refractivity contribution in [3.05, 3.63) is 83.9 Å². The monoisotopic (exact) mass is 350 g/mol. The van der Waals surface area contributed by atoms with Gasteiger partial charge in [0.25, 0.3) is 0 Å². The highest BCUT2D eigenvalue weighted by Gasteiger charge is 2.19. The maximum atomic E-state index is 2.44. The second-order valence-corrected chi connectivity index (χ2v) is 8.14. The van der Waals surface area contributed by atoms with Gasteiger partial charge in [-0.2, -0.15) is 0 Å². The number of rotatable bonds is 0. The Kier molecular flexibility index (Phi) is 2.06. The van der Waals surface area contributed by atoms with Crippen LogP contribution in [0.15, 0.2) is 72.8 Å². The summed E-state index contributed by atoms with van der Waals surface area (Å²) < 4.78 is 0. The summed E-state index contributed by atoms with van der Waals surface area (Å²) in [6, 6.07) is 27.5. The van der Waals surface area contributed by atoms with E-state index in [1.54, 1.807) is 0 Å². The zero-order valence-electron chi connectivity index (χ0n) is 15.1. The highest BCUT2D eigenvalue weighted by atomic mass is 14.2. The normalized spacial score (nSPS) is 13.6. The predicted octanol–water partition coefficient (Wildman–Crippen LogP) is 7.97. The molecule has 0 spiro atoms. The van der Waals surface area contributed by atoms with Gasteiger partial charge in [0.2, 0.25) is 0 Å². The van der Waals surface area contributed by atoms with E-state index in [1.807, 2.05) is 0 Å². The Morgan fingerprint density at radius 3 is 1.39 bits per heavy atom. The van der Waals surface area contributed by atoms with Crippen LogP contribution in [0.1, 0.15) is 11.1 Å². The van der Waals surface area contributed by atoms with Crippen molar-refractivity contribution in [2.45, 2.75) is 0 Å². The van der Waals surface area contributed by atoms with Gasteiger partial charge in [0.15, 0.2) is 0 Å². The van der Waals surface area contributed by atoms with E-state index in [9.17, 15) is 0 Å². The van der Waals surface area contributed by atoms with Crippen molar-refractivity contribution in [2.24, 2.45) is 0 Å². The van der Waals surface area contributed by atoms with Crippen LogP contribution in [0.4, 0.5) is 0 Å². The van der Waals surface area contributed by atoms with Gasteiger partial charge in [0.05, 0.1) is 0 Å². The quantitative estimate of drug-likeness (QED) is 0.260. The van der Waals surface area contributed by atoms with Crippen LogP contribution in [0.3, 0.4) is 0 Å². The molecule has 0 amide bonds. The van der Waals surface area contributed by atoms with Crippen molar-refractivity contribution in [3.63, 3.8) is 0 Å². The first-order valence-electron chi connectivity index (χ1n) is 9.87. The lowest BCUT2D eigenvalue weighted by Gasteiger charge is -2.02. The third kappa shape index (κ3) is 1.34. The van der Waals surface area contributed by atoms with Gasteiger partial charge in [-0.05, 0) is 87.9 Å². The maximum absolute atomic E-state index is 2.44. The molecule has 0 N–H and O–H groups in total. The van der Waals surface area contributed by atoms with Crippen LogP contribution in [0.5, 0.6) is 0 Å². The summed E-state index contributed by atoms with van der Waals surface area (Å²) in [6.45, 7) is 0. The summed E-state index contributed by atoms with van der Waals surface area (Å²) in [7, 11) is 0. The molecule has 0 aliphatic heterocycles. The molecule has 7 aromatic rings. The van der Waals surface area contributed by atoms with Gasteiger partial charge >= 0.3 is 0 Å². The highest BCUT2D eigenvalue weighted by Crippen LogP contribution is 2.47. The van der Waals surface area contributed by atoms with E-state index in [0.29, 0.717) is 0 Å². The molecule has 0 radical (unpaired) electrons. The fourth-order valence-electron chi connectivity index (χ4n) is 5.74. The van der Waals surface area contributed by atoms with Gasteiger partial charge < -0.3 is 0 Å². The van der Waals surface area contributed by atoms with Crippen LogP contribution in [0.25, 0.3) is 76.8 Å². The topological polar surface area (TPSA) is 0 Å². The lowest BCUT2D eigenvalue weighted by molar-refractivity contribution is 1.80. The Bertz CT molecular complexity index is 1670. The Hall–Kier alpha value is -3.64. The fourth-order valence-corrected chi connectivity index (χ4v) is 5.74. The molecule has 1 aliphatic carbocycles. The van der Waals surface area contributed by atoms with E-state index in [-0.39, 0.29) is 0 Å². The molecule has 0 saturated heterocycles. The number of hydrogen-bond donors (Lipinski definition) is 0. The minimum Gasteiger partial charge on any atom is -0.0610 e. The first kappa shape index (κ1) is 13.5. The van der Waals surface area contributed by atoms with Crippen LogP contribution in [0.2, 0.25) is 0 Å². The molecule has 28 heavy (non-hydrogen) atoms. The van der Waals surface area contributed by atoms with Gasteiger partial charge in [-0.3, -0.25) is 0 Å². The molecule has 8 rings (SSSR count). The Morgan fingerprint density at radius 2 is 0.857 bits per heavy atom. The molecular formula is C28H14. The van der Waals surface area contributed by atoms with E-state index >= 15 is 0 Å². The zero-order valence-corrected chi connectivity index (χ0v) is 15.1. The van der Waals surface area contributed by atoms with Crippen LogP contribution in [-0.4, -0.2) is 0 Å². The van der Waals surface area contributed by atoms with Gasteiger partial charge in [0.1, 0.15) is 0 Å². The summed E-state index contributed by atoms with van der Waals surface area (Å²) in [6.07, 6.45) is 4.50. The third-order valence-corrected chi connectivity index (χ3v) is 6.89.